The summed E-state index contributed by atoms with van der Waals surface area (Å²) >= 11 is 3.29. The van der Waals surface area contributed by atoms with Gasteiger partial charge in [0.15, 0.2) is 11.4 Å². The highest BCUT2D eigenvalue weighted by Crippen LogP contribution is 2.41. The van der Waals surface area contributed by atoms with E-state index < -0.39 is 0 Å². The van der Waals surface area contributed by atoms with Crippen molar-refractivity contribution in [1.29, 1.82) is 0 Å². The predicted octanol–water partition coefficient (Wildman–Crippen LogP) is 4.02. The number of epoxide rings is 1. The third-order valence-corrected chi connectivity index (χ3v) is 5.88. The third kappa shape index (κ3) is 2.58. The lowest BCUT2D eigenvalue weighted by atomic mass is 10.1. The number of rotatable bonds is 4. The first-order valence-electron chi connectivity index (χ1n) is 7.82. The van der Waals surface area contributed by atoms with Crippen LogP contribution in [0.1, 0.15) is 22.2 Å². The van der Waals surface area contributed by atoms with Gasteiger partial charge in [-0.3, -0.25) is 0 Å². The molecule has 0 saturated carbocycles. The molecule has 1 fully saturated rings. The number of fused-ring (bicyclic) bond motifs is 1. The van der Waals surface area contributed by atoms with E-state index in [1.165, 1.54) is 10.4 Å². The molecule has 5 rings (SSSR count). The van der Waals surface area contributed by atoms with Crippen molar-refractivity contribution >= 4 is 27.8 Å². The van der Waals surface area contributed by atoms with Crippen LogP contribution in [0, 0.1) is 6.92 Å². The van der Waals surface area contributed by atoms with E-state index in [-0.39, 0.29) is 12.3 Å². The van der Waals surface area contributed by atoms with Crippen LogP contribution in [0.15, 0.2) is 29.8 Å². The number of anilines is 1. The van der Waals surface area contributed by atoms with Crippen molar-refractivity contribution in [2.45, 2.75) is 25.7 Å². The van der Waals surface area contributed by atoms with Gasteiger partial charge in [-0.1, -0.05) is 0 Å². The Labute approximate surface area is 147 Å². The number of hydrogen-bond acceptors (Lipinski definition) is 7. The van der Waals surface area contributed by atoms with E-state index >= 15 is 0 Å². The summed E-state index contributed by atoms with van der Waals surface area (Å²) in [5.41, 5.74) is 3.40. The van der Waals surface area contributed by atoms with Gasteiger partial charge in [0, 0.05) is 28.4 Å². The summed E-state index contributed by atoms with van der Waals surface area (Å²) in [5, 5.41) is 7.31. The zero-order chi connectivity index (χ0) is 16.1. The van der Waals surface area contributed by atoms with Crippen molar-refractivity contribution in [2.24, 2.45) is 0 Å². The maximum absolute atomic E-state index is 5.72. The molecule has 3 aromatic rings. The Hall–Kier alpha value is -1.96. The quantitative estimate of drug-likeness (QED) is 0.715. The minimum atomic E-state index is -0.0288. The normalized spacial score (nSPS) is 21.4. The molecule has 0 amide bonds. The Morgan fingerprint density at radius 1 is 1.33 bits per heavy atom. The van der Waals surface area contributed by atoms with Crippen molar-refractivity contribution in [1.82, 2.24) is 9.97 Å². The highest BCUT2D eigenvalue weighted by atomic mass is 32.1. The standard InChI is InChI=1S/C17H15N3O2S2/c1-9-7-18-17(24-9)20-15-14(22-15)12-8-23-16(19-12)11-2-3-13-10(6-11)4-5-21-13/h2-3,6-8,14-15H,4-5H2,1H3,(H,18,20). The van der Waals surface area contributed by atoms with Gasteiger partial charge in [-0.25, -0.2) is 9.97 Å². The predicted molar refractivity (Wildman–Crippen MR) is 94.8 cm³/mol. The monoisotopic (exact) mass is 357 g/mol. The van der Waals surface area contributed by atoms with Crippen molar-refractivity contribution in [3.05, 3.63) is 45.9 Å². The molecule has 0 aliphatic carbocycles. The maximum atomic E-state index is 5.72. The summed E-state index contributed by atoms with van der Waals surface area (Å²) in [6.45, 7) is 2.82. The van der Waals surface area contributed by atoms with Gasteiger partial charge in [-0.15, -0.1) is 22.7 Å². The van der Waals surface area contributed by atoms with Crippen LogP contribution in [0.2, 0.25) is 0 Å². The van der Waals surface area contributed by atoms with Crippen LogP contribution in [0.5, 0.6) is 5.75 Å². The van der Waals surface area contributed by atoms with Crippen molar-refractivity contribution in [3.8, 4) is 16.3 Å². The van der Waals surface area contributed by atoms with Gasteiger partial charge in [-0.05, 0) is 30.7 Å². The van der Waals surface area contributed by atoms with E-state index in [4.69, 9.17) is 14.5 Å². The summed E-state index contributed by atoms with van der Waals surface area (Å²) in [5.74, 6) is 1.00. The molecule has 4 heterocycles. The minimum absolute atomic E-state index is 0.0111. The molecular formula is C17H15N3O2S2. The maximum Gasteiger partial charge on any atom is 0.184 e. The van der Waals surface area contributed by atoms with Crippen LogP contribution in [-0.4, -0.2) is 22.8 Å². The number of ether oxygens (including phenoxy) is 2. The van der Waals surface area contributed by atoms with Crippen molar-refractivity contribution < 1.29 is 9.47 Å². The zero-order valence-corrected chi connectivity index (χ0v) is 14.6. The second kappa shape index (κ2) is 5.54. The first kappa shape index (κ1) is 14.4. The molecule has 5 nitrogen and oxygen atoms in total. The molecule has 2 atom stereocenters. The van der Waals surface area contributed by atoms with Crippen molar-refractivity contribution in [3.63, 3.8) is 0 Å². The van der Waals surface area contributed by atoms with Crippen LogP contribution in [-0.2, 0) is 11.2 Å². The zero-order valence-electron chi connectivity index (χ0n) is 13.0. The van der Waals surface area contributed by atoms with Gasteiger partial charge in [0.1, 0.15) is 16.9 Å². The first-order chi connectivity index (χ1) is 11.8. The van der Waals surface area contributed by atoms with Crippen LogP contribution >= 0.6 is 22.7 Å². The number of benzene rings is 1. The fourth-order valence-electron chi connectivity index (χ4n) is 2.86. The molecule has 122 valence electrons. The van der Waals surface area contributed by atoms with Crippen LogP contribution in [0.25, 0.3) is 10.6 Å². The summed E-state index contributed by atoms with van der Waals surface area (Å²) in [7, 11) is 0. The fraction of sp³-hybridized carbons (Fsp3) is 0.294. The molecule has 2 unspecified atom stereocenters. The number of aromatic nitrogens is 2. The van der Waals surface area contributed by atoms with E-state index in [9.17, 15) is 0 Å². The average molecular weight is 357 g/mol. The van der Waals surface area contributed by atoms with Crippen LogP contribution in [0.3, 0.4) is 0 Å². The summed E-state index contributed by atoms with van der Waals surface area (Å²) in [4.78, 5) is 10.3. The Balaban J connectivity index is 1.31. The number of thiazole rings is 2. The molecule has 24 heavy (non-hydrogen) atoms. The average Bonchev–Trinajstić information content (AvgIpc) is 3.02. The molecule has 2 aliphatic rings. The molecule has 2 aliphatic heterocycles. The second-order valence-electron chi connectivity index (χ2n) is 5.90. The topological polar surface area (TPSA) is 59.6 Å². The lowest BCUT2D eigenvalue weighted by molar-refractivity contribution is 0.357. The Morgan fingerprint density at radius 3 is 3.17 bits per heavy atom. The Bertz CT molecular complexity index is 905. The summed E-state index contributed by atoms with van der Waals surface area (Å²) in [6.07, 6.45) is 2.82. The highest BCUT2D eigenvalue weighted by molar-refractivity contribution is 7.15. The molecule has 1 N–H and O–H groups in total. The lowest BCUT2D eigenvalue weighted by Gasteiger charge is -2.00. The van der Waals surface area contributed by atoms with E-state index in [0.717, 1.165) is 40.2 Å². The number of nitrogens with one attached hydrogen (secondary N) is 1. The van der Waals surface area contributed by atoms with Gasteiger partial charge < -0.3 is 14.8 Å². The van der Waals surface area contributed by atoms with Crippen LogP contribution in [0.4, 0.5) is 5.13 Å². The number of aryl methyl sites for hydroxylation is 1. The van der Waals surface area contributed by atoms with Crippen LogP contribution < -0.4 is 10.1 Å². The molecule has 0 bridgehead atoms. The van der Waals surface area contributed by atoms with E-state index in [2.05, 4.69) is 27.8 Å². The number of hydrogen-bond donors (Lipinski definition) is 1. The largest absolute Gasteiger partial charge is 0.493 e. The SMILES string of the molecule is Cc1cnc(NC2OC2c2csc(-c3ccc4c(c3)CCO4)n2)s1. The third-order valence-electron chi connectivity index (χ3n) is 4.13. The highest BCUT2D eigenvalue weighted by Gasteiger charge is 2.42. The van der Waals surface area contributed by atoms with Gasteiger partial charge in [0.05, 0.1) is 12.3 Å². The Kier molecular flexibility index (Phi) is 3.32. The van der Waals surface area contributed by atoms with Gasteiger partial charge in [0.2, 0.25) is 0 Å². The molecule has 1 aromatic carbocycles. The van der Waals surface area contributed by atoms with Gasteiger partial charge in [0.25, 0.3) is 0 Å². The van der Waals surface area contributed by atoms with Gasteiger partial charge >= 0.3 is 0 Å². The lowest BCUT2D eigenvalue weighted by Crippen LogP contribution is -2.03. The number of nitrogens with zero attached hydrogens (tertiary/aromatic N) is 2. The molecular weight excluding hydrogens is 342 g/mol. The fourth-order valence-corrected chi connectivity index (χ4v) is 4.39. The molecule has 0 spiro atoms. The van der Waals surface area contributed by atoms with Crippen molar-refractivity contribution in [2.75, 3.05) is 11.9 Å². The summed E-state index contributed by atoms with van der Waals surface area (Å²) < 4.78 is 11.3. The smallest absolute Gasteiger partial charge is 0.184 e. The van der Waals surface area contributed by atoms with E-state index in [1.807, 2.05) is 19.2 Å². The molecule has 1 saturated heterocycles. The second-order valence-corrected chi connectivity index (χ2v) is 7.99. The van der Waals surface area contributed by atoms with E-state index in [1.54, 1.807) is 22.7 Å². The first-order valence-corrected chi connectivity index (χ1v) is 9.52. The molecule has 7 heteroatoms. The Morgan fingerprint density at radius 2 is 2.29 bits per heavy atom. The molecule has 0 radical (unpaired) electrons. The summed E-state index contributed by atoms with van der Waals surface area (Å²) in [6, 6.07) is 6.31. The van der Waals surface area contributed by atoms with E-state index in [0.29, 0.717) is 0 Å². The molecule has 2 aromatic heterocycles. The minimum Gasteiger partial charge on any atom is -0.493 e. The van der Waals surface area contributed by atoms with Gasteiger partial charge in [-0.2, -0.15) is 0 Å².